The number of hydrogen-bond donors (Lipinski definition) is 2. The molecule has 3 aromatic carbocycles. The maximum atomic E-state index is 12.8. The summed E-state index contributed by atoms with van der Waals surface area (Å²) in [6, 6.07) is 18.5. The SMILES string of the molecule is O=C(Nc1ccc(Cl)cc1Cl)c1ccc(CNC2=C(Cl)C(=O)N(Cc3ccccc3Cl)C2=O)cc1. The first-order valence-electron chi connectivity index (χ1n) is 10.3. The van der Waals surface area contributed by atoms with Crippen molar-refractivity contribution in [2.45, 2.75) is 13.1 Å². The number of amides is 3. The summed E-state index contributed by atoms with van der Waals surface area (Å²) in [7, 11) is 0. The minimum atomic E-state index is -0.591. The predicted octanol–water partition coefficient (Wildman–Crippen LogP) is 6.01. The Kier molecular flexibility index (Phi) is 7.67. The number of hydrogen-bond acceptors (Lipinski definition) is 4. The monoisotopic (exact) mass is 547 g/mol. The molecule has 0 aliphatic carbocycles. The summed E-state index contributed by atoms with van der Waals surface area (Å²) in [5.74, 6) is -1.46. The highest BCUT2D eigenvalue weighted by atomic mass is 35.5. The molecule has 0 radical (unpaired) electrons. The molecule has 0 fully saturated rings. The molecule has 0 unspecified atom stereocenters. The Morgan fingerprint density at radius 1 is 0.829 bits per heavy atom. The molecule has 1 heterocycles. The van der Waals surface area contributed by atoms with E-state index in [0.29, 0.717) is 31.9 Å². The van der Waals surface area contributed by atoms with Crippen molar-refractivity contribution in [2.24, 2.45) is 0 Å². The quantitative estimate of drug-likeness (QED) is 0.354. The molecule has 178 valence electrons. The minimum absolute atomic E-state index is 0.0141. The standard InChI is InChI=1S/C25H17Cl4N3O3/c26-17-9-10-20(19(28)11-17)31-23(33)15-7-5-14(6-8-15)12-30-22-21(29)24(34)32(25(22)35)13-16-3-1-2-4-18(16)27/h1-11,30H,12-13H2,(H,31,33). The molecular weight excluding hydrogens is 532 g/mol. The largest absolute Gasteiger partial charge is 0.375 e. The van der Waals surface area contributed by atoms with Gasteiger partial charge in [0, 0.05) is 22.2 Å². The van der Waals surface area contributed by atoms with Crippen LogP contribution < -0.4 is 10.6 Å². The smallest absolute Gasteiger partial charge is 0.278 e. The van der Waals surface area contributed by atoms with E-state index in [1.807, 2.05) is 0 Å². The summed E-state index contributed by atoms with van der Waals surface area (Å²) in [5.41, 5.74) is 2.28. The van der Waals surface area contributed by atoms with Gasteiger partial charge in [0.25, 0.3) is 17.7 Å². The Morgan fingerprint density at radius 2 is 1.54 bits per heavy atom. The van der Waals surface area contributed by atoms with Gasteiger partial charge in [-0.25, -0.2) is 0 Å². The van der Waals surface area contributed by atoms with Gasteiger partial charge in [-0.15, -0.1) is 0 Å². The number of carbonyl (C=O) groups excluding carboxylic acids is 3. The molecule has 1 aliphatic rings. The van der Waals surface area contributed by atoms with Crippen LogP contribution in [0, 0.1) is 0 Å². The van der Waals surface area contributed by atoms with E-state index in [2.05, 4.69) is 10.6 Å². The van der Waals surface area contributed by atoms with Crippen LogP contribution in [0.4, 0.5) is 5.69 Å². The average molecular weight is 549 g/mol. The van der Waals surface area contributed by atoms with Crippen molar-refractivity contribution in [1.82, 2.24) is 10.2 Å². The van der Waals surface area contributed by atoms with Gasteiger partial charge in [-0.3, -0.25) is 19.3 Å². The molecule has 0 aromatic heterocycles. The molecule has 0 spiro atoms. The van der Waals surface area contributed by atoms with E-state index < -0.39 is 11.8 Å². The van der Waals surface area contributed by atoms with Crippen molar-refractivity contribution in [3.8, 4) is 0 Å². The maximum absolute atomic E-state index is 12.8. The lowest BCUT2D eigenvalue weighted by Gasteiger charge is -2.16. The Bertz CT molecular complexity index is 1360. The fraction of sp³-hybridized carbons (Fsp3) is 0.0800. The third kappa shape index (κ3) is 5.63. The Labute approximate surface area is 221 Å². The molecular formula is C25H17Cl4N3O3. The third-order valence-corrected chi connectivity index (χ3v) is 6.53. The molecule has 4 rings (SSSR count). The topological polar surface area (TPSA) is 78.5 Å². The summed E-state index contributed by atoms with van der Waals surface area (Å²) in [6.07, 6.45) is 0. The lowest BCUT2D eigenvalue weighted by Crippen LogP contribution is -2.33. The first kappa shape index (κ1) is 25.1. The highest BCUT2D eigenvalue weighted by molar-refractivity contribution is 6.47. The Hall–Kier alpha value is -3.03. The van der Waals surface area contributed by atoms with E-state index in [1.54, 1.807) is 60.7 Å². The first-order valence-corrected chi connectivity index (χ1v) is 11.8. The van der Waals surface area contributed by atoms with Crippen LogP contribution in [0.2, 0.25) is 15.1 Å². The van der Waals surface area contributed by atoms with Crippen LogP contribution in [0.1, 0.15) is 21.5 Å². The van der Waals surface area contributed by atoms with Crippen molar-refractivity contribution < 1.29 is 14.4 Å². The Balaban J connectivity index is 1.38. The molecule has 35 heavy (non-hydrogen) atoms. The number of benzene rings is 3. The Morgan fingerprint density at radius 3 is 2.23 bits per heavy atom. The highest BCUT2D eigenvalue weighted by Crippen LogP contribution is 2.27. The van der Waals surface area contributed by atoms with Gasteiger partial charge in [-0.1, -0.05) is 76.7 Å². The van der Waals surface area contributed by atoms with Gasteiger partial charge >= 0.3 is 0 Å². The summed E-state index contributed by atoms with van der Waals surface area (Å²) in [4.78, 5) is 38.9. The van der Waals surface area contributed by atoms with Crippen LogP contribution in [0.15, 0.2) is 77.5 Å². The lowest BCUT2D eigenvalue weighted by molar-refractivity contribution is -0.138. The summed E-state index contributed by atoms with van der Waals surface area (Å²) in [6.45, 7) is 0.232. The summed E-state index contributed by atoms with van der Waals surface area (Å²) >= 11 is 24.3. The number of nitrogens with zero attached hydrogens (tertiary/aromatic N) is 1. The zero-order valence-corrected chi connectivity index (χ0v) is 21.0. The fourth-order valence-corrected chi connectivity index (χ4v) is 4.29. The second-order valence-corrected chi connectivity index (χ2v) is 9.23. The highest BCUT2D eigenvalue weighted by Gasteiger charge is 2.37. The predicted molar refractivity (Wildman–Crippen MR) is 138 cm³/mol. The van der Waals surface area contributed by atoms with Crippen LogP contribution >= 0.6 is 46.4 Å². The number of anilines is 1. The summed E-state index contributed by atoms with van der Waals surface area (Å²) in [5, 5.41) is 6.73. The number of imide groups is 1. The second-order valence-electron chi connectivity index (χ2n) is 7.61. The number of halogens is 4. The maximum Gasteiger partial charge on any atom is 0.278 e. The van der Waals surface area contributed by atoms with E-state index in [0.717, 1.165) is 10.5 Å². The van der Waals surface area contributed by atoms with Crippen LogP contribution in [0.3, 0.4) is 0 Å². The van der Waals surface area contributed by atoms with Gasteiger partial charge in [-0.05, 0) is 47.5 Å². The van der Waals surface area contributed by atoms with Crippen molar-refractivity contribution in [2.75, 3.05) is 5.32 Å². The molecule has 0 saturated carbocycles. The van der Waals surface area contributed by atoms with E-state index in [4.69, 9.17) is 46.4 Å². The zero-order chi connectivity index (χ0) is 25.1. The molecule has 0 saturated heterocycles. The normalized spacial score (nSPS) is 13.4. The van der Waals surface area contributed by atoms with Crippen molar-refractivity contribution in [3.63, 3.8) is 0 Å². The molecule has 0 atom stereocenters. The molecule has 0 bridgehead atoms. The van der Waals surface area contributed by atoms with E-state index in [-0.39, 0.29) is 29.7 Å². The summed E-state index contributed by atoms with van der Waals surface area (Å²) < 4.78 is 0. The molecule has 1 aliphatic heterocycles. The molecule has 3 amide bonds. The first-order chi connectivity index (χ1) is 16.7. The number of nitrogens with one attached hydrogen (secondary N) is 2. The van der Waals surface area contributed by atoms with Crippen LogP contribution in [0.5, 0.6) is 0 Å². The fourth-order valence-electron chi connectivity index (χ4n) is 3.39. The molecule has 6 nitrogen and oxygen atoms in total. The average Bonchev–Trinajstić information content (AvgIpc) is 3.04. The van der Waals surface area contributed by atoms with Crippen molar-refractivity contribution in [3.05, 3.63) is 109 Å². The van der Waals surface area contributed by atoms with Gasteiger partial charge < -0.3 is 10.6 Å². The number of carbonyl (C=O) groups is 3. The van der Waals surface area contributed by atoms with Crippen LogP contribution in [0.25, 0.3) is 0 Å². The molecule has 10 heteroatoms. The van der Waals surface area contributed by atoms with E-state index in [1.165, 1.54) is 6.07 Å². The van der Waals surface area contributed by atoms with Crippen LogP contribution in [-0.2, 0) is 22.7 Å². The minimum Gasteiger partial charge on any atom is -0.375 e. The molecule has 2 N–H and O–H groups in total. The van der Waals surface area contributed by atoms with Crippen molar-refractivity contribution in [1.29, 1.82) is 0 Å². The zero-order valence-electron chi connectivity index (χ0n) is 17.9. The van der Waals surface area contributed by atoms with E-state index in [9.17, 15) is 14.4 Å². The third-order valence-electron chi connectivity index (χ3n) is 5.26. The van der Waals surface area contributed by atoms with Gasteiger partial charge in [0.2, 0.25) is 0 Å². The van der Waals surface area contributed by atoms with E-state index >= 15 is 0 Å². The number of rotatable bonds is 7. The van der Waals surface area contributed by atoms with Gasteiger partial charge in [0.15, 0.2) is 0 Å². The van der Waals surface area contributed by atoms with Gasteiger partial charge in [0.05, 0.1) is 17.3 Å². The van der Waals surface area contributed by atoms with Gasteiger partial charge in [-0.2, -0.15) is 0 Å². The van der Waals surface area contributed by atoms with Crippen LogP contribution in [-0.4, -0.2) is 22.6 Å². The lowest BCUT2D eigenvalue weighted by atomic mass is 10.1. The second kappa shape index (κ2) is 10.7. The van der Waals surface area contributed by atoms with Crippen molar-refractivity contribution >= 4 is 69.8 Å². The van der Waals surface area contributed by atoms with Gasteiger partial charge in [0.1, 0.15) is 10.7 Å². The molecule has 3 aromatic rings.